The second-order valence-electron chi connectivity index (χ2n) is 11.2. The monoisotopic (exact) mass is 732 g/mol. The Kier molecular flexibility index (Phi) is 8.82. The van der Waals surface area contributed by atoms with Gasteiger partial charge in [0, 0.05) is 16.7 Å². The van der Waals surface area contributed by atoms with E-state index in [1.54, 1.807) is 36.4 Å². The molecule has 262 valence electrons. The first-order valence-electron chi connectivity index (χ1n) is 14.7. The molecule has 5 aromatic carbocycles. The van der Waals surface area contributed by atoms with E-state index in [-0.39, 0.29) is 5.39 Å². The molecule has 6 rings (SSSR count). The number of rotatable bonds is 9. The lowest BCUT2D eigenvalue weighted by Gasteiger charge is -2.32. The number of alkyl halides is 9. The highest BCUT2D eigenvalue weighted by atomic mass is 32.2. The molecule has 1 heterocycles. The lowest BCUT2D eigenvalue weighted by atomic mass is 10.00. The van der Waals surface area contributed by atoms with Crippen LogP contribution in [0.4, 0.5) is 39.5 Å². The first-order valence-corrected chi connectivity index (χ1v) is 16.1. The van der Waals surface area contributed by atoms with Crippen LogP contribution in [0.5, 0.6) is 5.75 Å². The van der Waals surface area contributed by atoms with Crippen molar-refractivity contribution in [2.75, 3.05) is 0 Å². The van der Waals surface area contributed by atoms with E-state index in [9.17, 15) is 47.9 Å². The second-order valence-corrected chi connectivity index (χ2v) is 12.8. The third-order valence-corrected chi connectivity index (χ3v) is 9.09. The molecule has 0 atom stereocenters. The number of aromatic nitrogens is 2. The maximum atomic E-state index is 14.2. The summed E-state index contributed by atoms with van der Waals surface area (Å²) in [6, 6.07) is 35.3. The topological polar surface area (TPSA) is 69.2 Å². The van der Waals surface area contributed by atoms with E-state index in [0.29, 0.717) is 39.3 Å². The van der Waals surface area contributed by atoms with Crippen molar-refractivity contribution in [2.45, 2.75) is 23.3 Å². The molecule has 0 amide bonds. The van der Waals surface area contributed by atoms with Crippen molar-refractivity contribution in [1.29, 1.82) is 0 Å². The predicted octanol–water partition coefficient (Wildman–Crippen LogP) is 10.4. The molecule has 0 bridgehead atoms. The quantitative estimate of drug-likeness (QED) is 0.109. The summed E-state index contributed by atoms with van der Waals surface area (Å²) < 4.78 is 148. The molecule has 1 aromatic heterocycles. The summed E-state index contributed by atoms with van der Waals surface area (Å²) in [6.45, 7) is 0. The maximum Gasteiger partial charge on any atom is 0.460 e. The van der Waals surface area contributed by atoms with Gasteiger partial charge in [0.2, 0.25) is 0 Å². The molecule has 0 N–H and O–H groups in total. The molecule has 0 saturated carbocycles. The van der Waals surface area contributed by atoms with E-state index in [0.717, 1.165) is 29.3 Å². The minimum Gasteiger partial charge on any atom is -0.378 e. The fraction of sp³-hybridized carbons (Fsp3) is 0.111. The van der Waals surface area contributed by atoms with Crippen LogP contribution in [0.3, 0.4) is 0 Å². The van der Waals surface area contributed by atoms with Crippen molar-refractivity contribution in [2.24, 2.45) is 0 Å². The third-order valence-electron chi connectivity index (χ3n) is 7.79. The summed E-state index contributed by atoms with van der Waals surface area (Å²) >= 11 is 0. The lowest BCUT2D eigenvalue weighted by Crippen LogP contribution is -2.63. The molecule has 0 aliphatic carbocycles. The van der Waals surface area contributed by atoms with Crippen LogP contribution >= 0.6 is 0 Å². The van der Waals surface area contributed by atoms with Crippen LogP contribution < -0.4 is 4.18 Å². The Labute approximate surface area is 284 Å². The largest absolute Gasteiger partial charge is 0.460 e. The summed E-state index contributed by atoms with van der Waals surface area (Å²) in [7, 11) is -7.09. The average molecular weight is 733 g/mol. The number of halogens is 9. The van der Waals surface area contributed by atoms with E-state index in [1.807, 2.05) is 66.7 Å². The van der Waals surface area contributed by atoms with E-state index >= 15 is 0 Å². The Hall–Kier alpha value is -5.44. The Balaban J connectivity index is 1.30. The normalized spacial score (nSPS) is 13.0. The number of hydrogen-bond acceptors (Lipinski definition) is 5. The van der Waals surface area contributed by atoms with Gasteiger partial charge in [-0.15, -0.1) is 0 Å². The van der Waals surface area contributed by atoms with Crippen LogP contribution in [0.25, 0.3) is 55.8 Å². The standard InChI is InChI=1S/C36H21F9N2O3S/c37-33(38,35(41,42)43)34(39,40)36(44,45)51(48,49)50-29-18-17-23-13-16-27(19-28(23)20-29)22-11-14-26(15-12-22)32-46-30(24-7-3-1-4-8-24)21-31(47-32)25-9-5-2-6-10-25/h1-21H. The van der Waals surface area contributed by atoms with Gasteiger partial charge in [-0.3, -0.25) is 0 Å². The first-order chi connectivity index (χ1) is 23.9. The highest BCUT2D eigenvalue weighted by Gasteiger charge is 2.86. The van der Waals surface area contributed by atoms with Crippen molar-refractivity contribution in [1.82, 2.24) is 9.97 Å². The van der Waals surface area contributed by atoms with Gasteiger partial charge in [0.25, 0.3) is 0 Å². The molecule has 6 aromatic rings. The summed E-state index contributed by atoms with van der Waals surface area (Å²) in [5.74, 6) is -15.4. The van der Waals surface area contributed by atoms with Crippen molar-refractivity contribution < 1.29 is 52.1 Å². The van der Waals surface area contributed by atoms with Crippen LogP contribution in [0.15, 0.2) is 127 Å². The van der Waals surface area contributed by atoms with Gasteiger partial charge in [-0.2, -0.15) is 47.9 Å². The highest BCUT2D eigenvalue weighted by molar-refractivity contribution is 7.88. The van der Waals surface area contributed by atoms with Gasteiger partial charge in [-0.05, 0) is 46.2 Å². The van der Waals surface area contributed by atoms with Crippen LogP contribution in [-0.4, -0.2) is 41.7 Å². The van der Waals surface area contributed by atoms with Crippen LogP contribution in [0, 0.1) is 0 Å². The number of benzene rings is 5. The van der Waals surface area contributed by atoms with Gasteiger partial charge in [0.05, 0.1) is 11.4 Å². The molecular weight excluding hydrogens is 711 g/mol. The second kappa shape index (κ2) is 12.7. The molecule has 0 unspecified atom stereocenters. The van der Waals surface area contributed by atoms with E-state index in [2.05, 4.69) is 4.18 Å². The molecule has 5 nitrogen and oxygen atoms in total. The molecule has 0 aliphatic rings. The molecule has 0 saturated heterocycles. The average Bonchev–Trinajstić information content (AvgIpc) is 3.11. The molecule has 0 fully saturated rings. The molecule has 15 heteroatoms. The molecular formula is C36H21F9N2O3S. The summed E-state index contributed by atoms with van der Waals surface area (Å²) in [5, 5.41) is -6.46. The first kappa shape index (κ1) is 35.4. The Morgan fingerprint density at radius 2 is 0.961 bits per heavy atom. The molecule has 51 heavy (non-hydrogen) atoms. The van der Waals surface area contributed by atoms with Crippen LogP contribution in [0.2, 0.25) is 0 Å². The number of hydrogen-bond donors (Lipinski definition) is 0. The van der Waals surface area contributed by atoms with Gasteiger partial charge in [-0.25, -0.2) is 9.97 Å². The van der Waals surface area contributed by atoms with Gasteiger partial charge in [-0.1, -0.05) is 103 Å². The Morgan fingerprint density at radius 3 is 1.49 bits per heavy atom. The third kappa shape index (κ3) is 6.49. The molecule has 0 aliphatic heterocycles. The van der Waals surface area contributed by atoms with Gasteiger partial charge in [0.15, 0.2) is 5.82 Å². The fourth-order valence-electron chi connectivity index (χ4n) is 5.05. The van der Waals surface area contributed by atoms with Gasteiger partial charge < -0.3 is 4.18 Å². The minimum atomic E-state index is -7.41. The Morgan fingerprint density at radius 1 is 0.471 bits per heavy atom. The zero-order valence-corrected chi connectivity index (χ0v) is 26.4. The lowest BCUT2D eigenvalue weighted by molar-refractivity contribution is -0.382. The SMILES string of the molecule is O=S(=O)(Oc1ccc2ccc(-c3ccc(-c4nc(-c5ccccc5)cc(-c5ccccc5)n4)cc3)cc2c1)C(F)(F)C(F)(F)C(F)(F)C(F)(F)F. The zero-order chi connectivity index (χ0) is 36.8. The Bertz CT molecular complexity index is 2260. The predicted molar refractivity (Wildman–Crippen MR) is 172 cm³/mol. The van der Waals surface area contributed by atoms with Crippen LogP contribution in [0.1, 0.15) is 0 Å². The van der Waals surface area contributed by atoms with E-state index in [1.165, 1.54) is 6.07 Å². The van der Waals surface area contributed by atoms with E-state index in [4.69, 9.17) is 9.97 Å². The molecule has 0 radical (unpaired) electrons. The minimum absolute atomic E-state index is 0.131. The molecule has 0 spiro atoms. The van der Waals surface area contributed by atoms with Crippen molar-refractivity contribution in [3.63, 3.8) is 0 Å². The number of nitrogens with zero attached hydrogens (tertiary/aromatic N) is 2. The smallest absolute Gasteiger partial charge is 0.378 e. The maximum absolute atomic E-state index is 14.2. The summed E-state index contributed by atoms with van der Waals surface area (Å²) in [4.78, 5) is 9.54. The van der Waals surface area contributed by atoms with Gasteiger partial charge in [0.1, 0.15) is 5.75 Å². The fourth-order valence-corrected chi connectivity index (χ4v) is 5.96. The van der Waals surface area contributed by atoms with Crippen molar-refractivity contribution in [3.05, 3.63) is 127 Å². The number of fused-ring (bicyclic) bond motifs is 1. The van der Waals surface area contributed by atoms with Crippen LogP contribution in [-0.2, 0) is 10.1 Å². The van der Waals surface area contributed by atoms with Gasteiger partial charge >= 0.3 is 33.4 Å². The highest BCUT2D eigenvalue weighted by Crippen LogP contribution is 2.55. The van der Waals surface area contributed by atoms with E-state index < -0.39 is 39.1 Å². The van der Waals surface area contributed by atoms with Crippen molar-refractivity contribution in [3.8, 4) is 50.8 Å². The van der Waals surface area contributed by atoms with Crippen molar-refractivity contribution >= 4 is 20.9 Å². The summed E-state index contributed by atoms with van der Waals surface area (Å²) in [6.07, 6.45) is -7.20. The zero-order valence-electron chi connectivity index (χ0n) is 25.6. The summed E-state index contributed by atoms with van der Waals surface area (Å²) in [5.41, 5.74) is 4.91.